The lowest BCUT2D eigenvalue weighted by Gasteiger charge is -2.11. The van der Waals surface area contributed by atoms with Gasteiger partial charge in [-0.1, -0.05) is 12.1 Å². The van der Waals surface area contributed by atoms with Crippen LogP contribution in [0.5, 0.6) is 0 Å². The minimum absolute atomic E-state index is 0.484. The average Bonchev–Trinajstić information content (AvgIpc) is 3.37. The van der Waals surface area contributed by atoms with Crippen LogP contribution < -0.4 is 10.6 Å². The number of aromatic amines is 1. The van der Waals surface area contributed by atoms with Crippen molar-refractivity contribution in [2.45, 2.75) is 0 Å². The van der Waals surface area contributed by atoms with Gasteiger partial charge in [-0.2, -0.15) is 10.5 Å². The molecular formula is C22H17N9. The van der Waals surface area contributed by atoms with E-state index < -0.39 is 0 Å². The van der Waals surface area contributed by atoms with Crippen molar-refractivity contribution in [1.82, 2.24) is 24.9 Å². The average molecular weight is 407 g/mol. The fourth-order valence-corrected chi connectivity index (χ4v) is 2.92. The summed E-state index contributed by atoms with van der Waals surface area (Å²) in [6.45, 7) is 1.16. The second-order valence-electron chi connectivity index (χ2n) is 6.51. The van der Waals surface area contributed by atoms with Gasteiger partial charge in [0.15, 0.2) is 0 Å². The summed E-state index contributed by atoms with van der Waals surface area (Å²) >= 11 is 0. The topological polar surface area (TPSA) is 139 Å². The lowest BCUT2D eigenvalue weighted by molar-refractivity contribution is 1.02. The minimum Gasteiger partial charge on any atom is -0.368 e. The first kappa shape index (κ1) is 19.6. The third kappa shape index (κ3) is 4.63. The molecule has 3 N–H and O–H groups in total. The smallest absolute Gasteiger partial charge is 0.223 e. The number of aromatic nitrogens is 5. The summed E-state index contributed by atoms with van der Waals surface area (Å²) in [6.07, 6.45) is 6.59. The van der Waals surface area contributed by atoms with Crippen molar-refractivity contribution in [2.75, 3.05) is 23.7 Å². The Balaban J connectivity index is 1.49. The van der Waals surface area contributed by atoms with E-state index in [1.807, 2.05) is 18.2 Å². The van der Waals surface area contributed by atoms with Gasteiger partial charge < -0.3 is 15.6 Å². The third-order valence-corrected chi connectivity index (χ3v) is 4.47. The lowest BCUT2D eigenvalue weighted by atomic mass is 10.0. The highest BCUT2D eigenvalue weighted by atomic mass is 15.1. The number of nitrogens with one attached hydrogen (secondary N) is 3. The fourth-order valence-electron chi connectivity index (χ4n) is 2.92. The van der Waals surface area contributed by atoms with Crippen molar-refractivity contribution in [3.8, 4) is 34.7 Å². The zero-order valence-electron chi connectivity index (χ0n) is 16.4. The van der Waals surface area contributed by atoms with E-state index in [0.29, 0.717) is 36.0 Å². The Kier molecular flexibility index (Phi) is 5.78. The van der Waals surface area contributed by atoms with E-state index >= 15 is 0 Å². The van der Waals surface area contributed by atoms with Crippen LogP contribution in [0.4, 0.5) is 11.8 Å². The molecule has 1 aromatic carbocycles. The molecule has 3 heterocycles. The summed E-state index contributed by atoms with van der Waals surface area (Å²) in [5.41, 5.74) is 4.32. The number of hydrogen-bond donors (Lipinski definition) is 3. The summed E-state index contributed by atoms with van der Waals surface area (Å²) < 4.78 is 0. The van der Waals surface area contributed by atoms with Crippen LogP contribution in [0.1, 0.15) is 11.1 Å². The predicted octanol–water partition coefficient (Wildman–Crippen LogP) is 3.20. The number of hydrogen-bond acceptors (Lipinski definition) is 8. The van der Waals surface area contributed by atoms with Crippen LogP contribution >= 0.6 is 0 Å². The van der Waals surface area contributed by atoms with Crippen molar-refractivity contribution in [3.63, 3.8) is 0 Å². The molecule has 0 aliphatic rings. The summed E-state index contributed by atoms with van der Waals surface area (Å²) in [6, 6.07) is 14.9. The summed E-state index contributed by atoms with van der Waals surface area (Å²) in [7, 11) is 0. The first-order chi connectivity index (χ1) is 15.3. The second kappa shape index (κ2) is 9.16. The van der Waals surface area contributed by atoms with Crippen molar-refractivity contribution < 1.29 is 0 Å². The molecule has 3 aromatic heterocycles. The molecule has 0 amide bonds. The molecule has 0 unspecified atom stereocenters. The van der Waals surface area contributed by atoms with Gasteiger partial charge in [-0.25, -0.2) is 19.9 Å². The van der Waals surface area contributed by atoms with Gasteiger partial charge in [-0.05, 0) is 24.3 Å². The summed E-state index contributed by atoms with van der Waals surface area (Å²) in [5, 5.41) is 24.3. The van der Waals surface area contributed by atoms with Gasteiger partial charge in [0.1, 0.15) is 11.9 Å². The van der Waals surface area contributed by atoms with Crippen molar-refractivity contribution >= 4 is 11.8 Å². The van der Waals surface area contributed by atoms with Crippen molar-refractivity contribution in [1.29, 1.82) is 10.5 Å². The molecule has 31 heavy (non-hydrogen) atoms. The van der Waals surface area contributed by atoms with Gasteiger partial charge >= 0.3 is 0 Å². The molecule has 0 atom stereocenters. The van der Waals surface area contributed by atoms with Crippen LogP contribution in [0.15, 0.2) is 61.3 Å². The molecule has 9 nitrogen and oxygen atoms in total. The highest BCUT2D eigenvalue weighted by molar-refractivity contribution is 5.79. The van der Waals surface area contributed by atoms with Crippen molar-refractivity contribution in [3.05, 3.63) is 72.4 Å². The molecule has 0 saturated carbocycles. The molecule has 0 aliphatic heterocycles. The molecule has 0 bridgehead atoms. The molecule has 0 spiro atoms. The van der Waals surface area contributed by atoms with E-state index in [4.69, 9.17) is 10.5 Å². The van der Waals surface area contributed by atoms with E-state index in [2.05, 4.69) is 41.6 Å². The number of rotatable bonds is 7. The number of nitriles is 2. The zero-order chi connectivity index (χ0) is 21.5. The lowest BCUT2D eigenvalue weighted by Crippen LogP contribution is -2.16. The third-order valence-electron chi connectivity index (χ3n) is 4.47. The molecule has 4 aromatic rings. The number of H-pyrrole nitrogens is 1. The molecule has 9 heteroatoms. The Bertz CT molecular complexity index is 1230. The van der Waals surface area contributed by atoms with E-state index in [1.54, 1.807) is 43.0 Å². The van der Waals surface area contributed by atoms with Gasteiger partial charge in [0, 0.05) is 36.6 Å². The Labute approximate surface area is 178 Å². The van der Waals surface area contributed by atoms with Gasteiger partial charge in [0.2, 0.25) is 5.95 Å². The maximum Gasteiger partial charge on any atom is 0.223 e. The largest absolute Gasteiger partial charge is 0.368 e. The molecule has 0 radical (unpaired) electrons. The summed E-state index contributed by atoms with van der Waals surface area (Å²) in [4.78, 5) is 20.5. The van der Waals surface area contributed by atoms with Crippen LogP contribution in [0.3, 0.4) is 0 Å². The number of anilines is 2. The molecule has 0 saturated heterocycles. The van der Waals surface area contributed by atoms with Crippen LogP contribution in [0.2, 0.25) is 0 Å². The molecular weight excluding hydrogens is 390 g/mol. The molecule has 150 valence electrons. The van der Waals surface area contributed by atoms with E-state index in [0.717, 1.165) is 22.5 Å². The quantitative estimate of drug-likeness (QED) is 0.397. The van der Waals surface area contributed by atoms with Gasteiger partial charge in [0.25, 0.3) is 0 Å². The number of pyridine rings is 1. The number of benzene rings is 1. The summed E-state index contributed by atoms with van der Waals surface area (Å²) in [5.74, 6) is 1.17. The Hall–Kier alpha value is -4.76. The Morgan fingerprint density at radius 3 is 2.29 bits per heavy atom. The molecule has 0 fully saturated rings. The van der Waals surface area contributed by atoms with E-state index in [1.165, 1.54) is 6.20 Å². The number of nitrogens with zero attached hydrogens (tertiary/aromatic N) is 6. The first-order valence-electron chi connectivity index (χ1n) is 9.47. The van der Waals surface area contributed by atoms with Crippen molar-refractivity contribution in [2.24, 2.45) is 0 Å². The second-order valence-corrected chi connectivity index (χ2v) is 6.51. The van der Waals surface area contributed by atoms with Crippen LogP contribution in [-0.4, -0.2) is 38.0 Å². The standard InChI is InChI=1S/C22H17N9/c23-9-15-1-4-17(5-2-15)21-18(19-13-25-14-30-19)12-29-22(31-21)27-8-7-26-20-6-3-16(10-24)11-28-20/h1-6,11-14H,7-8H2,(H,25,30)(H,26,28)(H,27,29,31). The maximum atomic E-state index is 9.05. The van der Waals surface area contributed by atoms with Crippen LogP contribution in [0, 0.1) is 22.7 Å². The maximum absolute atomic E-state index is 9.05. The SMILES string of the molecule is N#Cc1ccc(-c2nc(NCCNc3ccc(C#N)cn3)ncc2-c2cnc[nH]2)cc1. The van der Waals surface area contributed by atoms with E-state index in [9.17, 15) is 0 Å². The monoisotopic (exact) mass is 407 g/mol. The highest BCUT2D eigenvalue weighted by Crippen LogP contribution is 2.29. The van der Waals surface area contributed by atoms with Gasteiger partial charge in [0.05, 0.1) is 41.1 Å². The number of imidazole rings is 1. The fraction of sp³-hybridized carbons (Fsp3) is 0.0909. The Morgan fingerprint density at radius 2 is 1.61 bits per heavy atom. The minimum atomic E-state index is 0.484. The van der Waals surface area contributed by atoms with Gasteiger partial charge in [-0.15, -0.1) is 0 Å². The van der Waals surface area contributed by atoms with Gasteiger partial charge in [-0.3, -0.25) is 0 Å². The van der Waals surface area contributed by atoms with Crippen LogP contribution in [-0.2, 0) is 0 Å². The van der Waals surface area contributed by atoms with E-state index in [-0.39, 0.29) is 0 Å². The molecule has 0 aliphatic carbocycles. The van der Waals surface area contributed by atoms with Crippen LogP contribution in [0.25, 0.3) is 22.5 Å². The normalized spacial score (nSPS) is 10.1. The zero-order valence-corrected chi connectivity index (χ0v) is 16.4. The first-order valence-corrected chi connectivity index (χ1v) is 9.47. The Morgan fingerprint density at radius 1 is 0.839 bits per heavy atom. The highest BCUT2D eigenvalue weighted by Gasteiger charge is 2.13. The predicted molar refractivity (Wildman–Crippen MR) is 116 cm³/mol. The molecule has 4 rings (SSSR count).